The molecule has 0 amide bonds. The van der Waals surface area contributed by atoms with E-state index in [4.69, 9.17) is 4.74 Å². The van der Waals surface area contributed by atoms with Crippen molar-refractivity contribution in [2.24, 2.45) is 0 Å². The number of thioether (sulfide) groups is 1. The van der Waals surface area contributed by atoms with E-state index in [0.29, 0.717) is 0 Å². The number of fused-ring (bicyclic) bond motifs is 1. The second kappa shape index (κ2) is 3.92. The van der Waals surface area contributed by atoms with Gasteiger partial charge in [-0.2, -0.15) is 11.8 Å². The Bertz CT molecular complexity index is 439. The predicted molar refractivity (Wildman–Crippen MR) is 59.9 cm³/mol. The molecule has 0 saturated carbocycles. The van der Waals surface area contributed by atoms with Crippen molar-refractivity contribution in [2.45, 2.75) is 5.75 Å². The topological polar surface area (TPSA) is 37.9 Å². The summed E-state index contributed by atoms with van der Waals surface area (Å²) in [5.41, 5.74) is 2.03. The molecule has 0 aliphatic heterocycles. The van der Waals surface area contributed by atoms with E-state index in [1.54, 1.807) is 18.9 Å². The zero-order valence-corrected chi connectivity index (χ0v) is 9.02. The monoisotopic (exact) mass is 208 g/mol. The van der Waals surface area contributed by atoms with Crippen LogP contribution in [0.4, 0.5) is 0 Å². The Kier molecular flexibility index (Phi) is 2.63. The minimum Gasteiger partial charge on any atom is -0.497 e. The summed E-state index contributed by atoms with van der Waals surface area (Å²) in [6, 6.07) is 5.85. The van der Waals surface area contributed by atoms with Crippen molar-refractivity contribution in [2.75, 3.05) is 13.4 Å². The summed E-state index contributed by atoms with van der Waals surface area (Å²) >= 11 is 1.75. The second-order valence-corrected chi connectivity index (χ2v) is 3.87. The molecule has 3 nitrogen and oxygen atoms in total. The summed E-state index contributed by atoms with van der Waals surface area (Å²) in [4.78, 5) is 7.71. The van der Waals surface area contributed by atoms with E-state index in [-0.39, 0.29) is 0 Å². The van der Waals surface area contributed by atoms with Gasteiger partial charge < -0.3 is 9.72 Å². The van der Waals surface area contributed by atoms with Gasteiger partial charge in [0.15, 0.2) is 0 Å². The molecule has 0 bridgehead atoms. The number of methoxy groups -OCH3 is 1. The standard InChI is InChI=1S/C10H12N2OS/c1-13-7-3-4-8-9(5-7)12-10(11-8)6-14-2/h3-5H,6H2,1-2H3,(H,11,12). The molecule has 14 heavy (non-hydrogen) atoms. The van der Waals surface area contributed by atoms with E-state index < -0.39 is 0 Å². The van der Waals surface area contributed by atoms with Crippen LogP contribution in [0.5, 0.6) is 5.75 Å². The molecule has 74 valence electrons. The molecule has 0 aliphatic rings. The van der Waals surface area contributed by atoms with Gasteiger partial charge in [0, 0.05) is 6.07 Å². The van der Waals surface area contributed by atoms with Crippen LogP contribution in [0.25, 0.3) is 11.0 Å². The Morgan fingerprint density at radius 1 is 1.50 bits per heavy atom. The second-order valence-electron chi connectivity index (χ2n) is 3.00. The Balaban J connectivity index is 2.43. The van der Waals surface area contributed by atoms with Gasteiger partial charge >= 0.3 is 0 Å². The van der Waals surface area contributed by atoms with Crippen molar-refractivity contribution in [1.29, 1.82) is 0 Å². The SMILES string of the molecule is COc1ccc2nc(CSC)[nH]c2c1. The van der Waals surface area contributed by atoms with E-state index in [1.807, 2.05) is 18.2 Å². The number of benzene rings is 1. The molecular weight excluding hydrogens is 196 g/mol. The van der Waals surface area contributed by atoms with Gasteiger partial charge in [-0.15, -0.1) is 0 Å². The number of rotatable bonds is 3. The Labute approximate surface area is 86.9 Å². The lowest BCUT2D eigenvalue weighted by molar-refractivity contribution is 0.415. The molecule has 1 aromatic heterocycles. The number of aromatic nitrogens is 2. The average molecular weight is 208 g/mol. The van der Waals surface area contributed by atoms with Gasteiger partial charge in [0.1, 0.15) is 11.6 Å². The lowest BCUT2D eigenvalue weighted by Crippen LogP contribution is -1.81. The van der Waals surface area contributed by atoms with Crippen molar-refractivity contribution in [1.82, 2.24) is 9.97 Å². The van der Waals surface area contributed by atoms with Crippen LogP contribution in [0.1, 0.15) is 5.82 Å². The highest BCUT2D eigenvalue weighted by atomic mass is 32.2. The van der Waals surface area contributed by atoms with Gasteiger partial charge in [-0.1, -0.05) is 0 Å². The van der Waals surface area contributed by atoms with Gasteiger partial charge in [-0.05, 0) is 18.4 Å². The summed E-state index contributed by atoms with van der Waals surface area (Å²) in [5.74, 6) is 2.79. The predicted octanol–water partition coefficient (Wildman–Crippen LogP) is 2.43. The molecule has 2 aromatic rings. The number of H-pyrrole nitrogens is 1. The number of imidazole rings is 1. The molecule has 4 heteroatoms. The van der Waals surface area contributed by atoms with E-state index in [9.17, 15) is 0 Å². The zero-order valence-electron chi connectivity index (χ0n) is 8.20. The minimum absolute atomic E-state index is 0.858. The molecular formula is C10H12N2OS. The lowest BCUT2D eigenvalue weighted by Gasteiger charge is -1.96. The molecule has 1 heterocycles. The quantitative estimate of drug-likeness (QED) is 0.841. The first kappa shape index (κ1) is 9.40. The fourth-order valence-corrected chi connectivity index (χ4v) is 1.78. The molecule has 1 aromatic carbocycles. The summed E-state index contributed by atoms with van der Waals surface area (Å²) in [7, 11) is 1.67. The smallest absolute Gasteiger partial charge is 0.121 e. The van der Waals surface area contributed by atoms with Gasteiger partial charge in [-0.25, -0.2) is 4.98 Å². The minimum atomic E-state index is 0.858. The average Bonchev–Trinajstić information content (AvgIpc) is 2.59. The highest BCUT2D eigenvalue weighted by Gasteiger charge is 2.02. The fraction of sp³-hybridized carbons (Fsp3) is 0.300. The highest BCUT2D eigenvalue weighted by Crippen LogP contribution is 2.19. The van der Waals surface area contributed by atoms with Gasteiger partial charge in [0.25, 0.3) is 0 Å². The van der Waals surface area contributed by atoms with Crippen molar-refractivity contribution in [3.05, 3.63) is 24.0 Å². The maximum Gasteiger partial charge on any atom is 0.121 e. The highest BCUT2D eigenvalue weighted by molar-refractivity contribution is 7.97. The number of aromatic amines is 1. The summed E-state index contributed by atoms with van der Waals surface area (Å²) in [6.07, 6.45) is 2.06. The van der Waals surface area contributed by atoms with Crippen LogP contribution in [-0.2, 0) is 5.75 Å². The molecule has 1 N–H and O–H groups in total. The Morgan fingerprint density at radius 2 is 2.36 bits per heavy atom. The summed E-state index contributed by atoms with van der Waals surface area (Å²) < 4.78 is 5.14. The molecule has 0 aliphatic carbocycles. The number of hydrogen-bond acceptors (Lipinski definition) is 3. The summed E-state index contributed by atoms with van der Waals surface area (Å²) in [6.45, 7) is 0. The number of nitrogens with one attached hydrogen (secondary N) is 1. The maximum absolute atomic E-state index is 5.14. The molecule has 0 unspecified atom stereocenters. The third-order valence-electron chi connectivity index (χ3n) is 2.02. The van der Waals surface area contributed by atoms with Crippen LogP contribution in [0.3, 0.4) is 0 Å². The van der Waals surface area contributed by atoms with E-state index in [0.717, 1.165) is 28.4 Å². The van der Waals surface area contributed by atoms with Gasteiger partial charge in [-0.3, -0.25) is 0 Å². The van der Waals surface area contributed by atoms with Crippen LogP contribution in [0.15, 0.2) is 18.2 Å². The third kappa shape index (κ3) is 1.70. The molecule has 0 spiro atoms. The zero-order chi connectivity index (χ0) is 9.97. The number of nitrogens with zero attached hydrogens (tertiary/aromatic N) is 1. The first-order valence-electron chi connectivity index (χ1n) is 4.35. The first-order chi connectivity index (χ1) is 6.83. The number of hydrogen-bond donors (Lipinski definition) is 1. The molecule has 0 saturated heterocycles. The number of ether oxygens (including phenoxy) is 1. The van der Waals surface area contributed by atoms with Crippen LogP contribution >= 0.6 is 11.8 Å². The third-order valence-corrected chi connectivity index (χ3v) is 2.58. The van der Waals surface area contributed by atoms with Crippen LogP contribution in [0.2, 0.25) is 0 Å². The van der Waals surface area contributed by atoms with Crippen molar-refractivity contribution in [3.8, 4) is 5.75 Å². The fourth-order valence-electron chi connectivity index (χ4n) is 1.37. The van der Waals surface area contributed by atoms with E-state index in [1.165, 1.54) is 0 Å². The normalized spacial score (nSPS) is 10.7. The Hall–Kier alpha value is -1.16. The van der Waals surface area contributed by atoms with E-state index >= 15 is 0 Å². The maximum atomic E-state index is 5.14. The van der Waals surface area contributed by atoms with Crippen LogP contribution in [0, 0.1) is 0 Å². The lowest BCUT2D eigenvalue weighted by atomic mass is 10.3. The molecule has 0 atom stereocenters. The van der Waals surface area contributed by atoms with Crippen LogP contribution < -0.4 is 4.74 Å². The first-order valence-corrected chi connectivity index (χ1v) is 5.74. The van der Waals surface area contributed by atoms with Crippen molar-refractivity contribution < 1.29 is 4.74 Å². The van der Waals surface area contributed by atoms with Crippen molar-refractivity contribution in [3.63, 3.8) is 0 Å². The van der Waals surface area contributed by atoms with Gasteiger partial charge in [0.2, 0.25) is 0 Å². The molecule has 0 radical (unpaired) electrons. The molecule has 2 rings (SSSR count). The summed E-state index contributed by atoms with van der Waals surface area (Å²) in [5, 5.41) is 0. The van der Waals surface area contributed by atoms with Crippen molar-refractivity contribution >= 4 is 22.8 Å². The Morgan fingerprint density at radius 3 is 3.07 bits per heavy atom. The van der Waals surface area contributed by atoms with Gasteiger partial charge in [0.05, 0.1) is 23.9 Å². The van der Waals surface area contributed by atoms with Crippen LogP contribution in [-0.4, -0.2) is 23.3 Å². The largest absolute Gasteiger partial charge is 0.497 e. The molecule has 0 fully saturated rings. The van der Waals surface area contributed by atoms with E-state index in [2.05, 4.69) is 16.2 Å².